The predicted molar refractivity (Wildman–Crippen MR) is 145 cm³/mol. The molecule has 4 aromatic rings. The fourth-order valence-electron chi connectivity index (χ4n) is 5.36. The number of piperidine rings is 1. The number of amides is 1. The quantitative estimate of drug-likeness (QED) is 0.346. The molecule has 4 heterocycles. The highest BCUT2D eigenvalue weighted by atomic mass is 19.4. The van der Waals surface area contributed by atoms with Crippen LogP contribution >= 0.6 is 0 Å². The van der Waals surface area contributed by atoms with Crippen molar-refractivity contribution in [3.05, 3.63) is 66.2 Å². The number of hydrogen-bond acceptors (Lipinski definition) is 6. The van der Waals surface area contributed by atoms with Crippen LogP contribution < -0.4 is 14.8 Å². The highest BCUT2D eigenvalue weighted by molar-refractivity contribution is 5.93. The molecule has 1 fully saturated rings. The molecule has 1 saturated heterocycles. The second kappa shape index (κ2) is 10.8. The van der Waals surface area contributed by atoms with Gasteiger partial charge < -0.3 is 19.7 Å². The van der Waals surface area contributed by atoms with Crippen molar-refractivity contribution in [3.8, 4) is 46.0 Å². The molecule has 41 heavy (non-hydrogen) atoms. The van der Waals surface area contributed by atoms with E-state index in [-0.39, 0.29) is 18.0 Å². The number of likely N-dealkylation sites (tertiary alicyclic amines) is 1. The number of halogens is 3. The number of fused-ring (bicyclic) bond motifs is 2. The van der Waals surface area contributed by atoms with Crippen LogP contribution in [0.2, 0.25) is 0 Å². The fraction of sp³-hybridized carbons (Fsp3) is 0.300. The minimum absolute atomic E-state index is 0.000129. The van der Waals surface area contributed by atoms with Crippen LogP contribution in [0.5, 0.6) is 11.6 Å². The fourth-order valence-corrected chi connectivity index (χ4v) is 5.36. The molecule has 11 heteroatoms. The summed E-state index contributed by atoms with van der Waals surface area (Å²) in [7, 11) is 0. The summed E-state index contributed by atoms with van der Waals surface area (Å²) in [6, 6.07) is 17.9. The maximum atomic E-state index is 12.9. The molecule has 0 aliphatic carbocycles. The van der Waals surface area contributed by atoms with Gasteiger partial charge in [-0.2, -0.15) is 0 Å². The monoisotopic (exact) mass is 561 g/mol. The van der Waals surface area contributed by atoms with Crippen molar-refractivity contribution in [3.63, 3.8) is 0 Å². The highest BCUT2D eigenvalue weighted by Crippen LogP contribution is 2.39. The van der Waals surface area contributed by atoms with Crippen molar-refractivity contribution in [1.29, 1.82) is 0 Å². The van der Waals surface area contributed by atoms with Gasteiger partial charge in [0.25, 0.3) is 5.91 Å². The summed E-state index contributed by atoms with van der Waals surface area (Å²) in [6.45, 7) is 3.44. The lowest BCUT2D eigenvalue weighted by atomic mass is 9.99. The van der Waals surface area contributed by atoms with Crippen molar-refractivity contribution in [2.24, 2.45) is 0 Å². The minimum Gasteiger partial charge on any atom is -0.491 e. The Kier molecular flexibility index (Phi) is 7.01. The maximum Gasteiger partial charge on any atom is 0.574 e. The number of aromatic nitrogens is 3. The Morgan fingerprint density at radius 2 is 1.85 bits per heavy atom. The summed E-state index contributed by atoms with van der Waals surface area (Å²) >= 11 is 0. The van der Waals surface area contributed by atoms with E-state index in [4.69, 9.17) is 9.72 Å². The van der Waals surface area contributed by atoms with Crippen molar-refractivity contribution in [1.82, 2.24) is 24.8 Å². The average molecular weight is 562 g/mol. The summed E-state index contributed by atoms with van der Waals surface area (Å²) < 4.78 is 50.2. The van der Waals surface area contributed by atoms with Gasteiger partial charge in [-0.15, -0.1) is 18.3 Å². The Hall–Kier alpha value is -4.56. The lowest BCUT2D eigenvalue weighted by Crippen LogP contribution is -2.45. The summed E-state index contributed by atoms with van der Waals surface area (Å²) in [5.41, 5.74) is 3.98. The van der Waals surface area contributed by atoms with E-state index in [0.717, 1.165) is 41.3 Å². The number of carbonyl (C=O) groups is 1. The first kappa shape index (κ1) is 26.7. The normalized spacial score (nSPS) is 17.1. The summed E-state index contributed by atoms with van der Waals surface area (Å²) in [4.78, 5) is 18.6. The Labute approximate surface area is 234 Å². The molecule has 8 nitrogen and oxygen atoms in total. The number of hydrogen-bond donors (Lipinski definition) is 1. The Bertz CT molecular complexity index is 1650. The van der Waals surface area contributed by atoms with Crippen LogP contribution in [-0.4, -0.2) is 57.5 Å². The molecular formula is C30H26F3N5O3. The van der Waals surface area contributed by atoms with E-state index in [0.29, 0.717) is 36.7 Å². The van der Waals surface area contributed by atoms with Gasteiger partial charge in [-0.3, -0.25) is 4.79 Å². The standard InChI is InChI=1S/C30H26F3N5O3/c1-2-6-27(39)37-15-13-21(14-16-37)34-23-18-40-24-17-20(9-10-22(23)24)28-29(19-7-4-3-5-8-19)38-25(35-28)11-12-26(36-38)41-30(31,32)33/h3-5,7-12,17,21,23,34H,13-16,18H2,1H3/t23-/m0/s1. The van der Waals surface area contributed by atoms with E-state index in [2.05, 4.69) is 27.0 Å². The number of rotatable bonds is 5. The minimum atomic E-state index is -4.86. The van der Waals surface area contributed by atoms with Gasteiger partial charge in [0.05, 0.1) is 11.7 Å². The summed E-state index contributed by atoms with van der Waals surface area (Å²) in [5.74, 6) is 5.28. The van der Waals surface area contributed by atoms with E-state index in [1.165, 1.54) is 10.6 Å². The highest BCUT2D eigenvalue weighted by Gasteiger charge is 2.33. The predicted octanol–water partition coefficient (Wildman–Crippen LogP) is 5.00. The second-order valence-electron chi connectivity index (χ2n) is 9.89. The molecule has 210 valence electrons. The van der Waals surface area contributed by atoms with Gasteiger partial charge in [0.1, 0.15) is 18.1 Å². The van der Waals surface area contributed by atoms with Crippen LogP contribution in [0.1, 0.15) is 31.4 Å². The number of benzene rings is 2. The zero-order valence-corrected chi connectivity index (χ0v) is 22.1. The summed E-state index contributed by atoms with van der Waals surface area (Å²) in [5, 5.41) is 7.77. The molecule has 2 aromatic carbocycles. The third-order valence-electron chi connectivity index (χ3n) is 7.24. The molecule has 0 radical (unpaired) electrons. The molecule has 0 unspecified atom stereocenters. The Balaban J connectivity index is 1.27. The molecular weight excluding hydrogens is 535 g/mol. The molecule has 0 saturated carbocycles. The first-order valence-electron chi connectivity index (χ1n) is 13.2. The number of nitrogens with one attached hydrogen (secondary N) is 1. The van der Waals surface area contributed by atoms with Crippen LogP contribution in [0.15, 0.2) is 60.7 Å². The number of ether oxygens (including phenoxy) is 2. The van der Waals surface area contributed by atoms with E-state index in [9.17, 15) is 18.0 Å². The first-order chi connectivity index (χ1) is 19.8. The van der Waals surface area contributed by atoms with Gasteiger partial charge in [-0.1, -0.05) is 48.4 Å². The summed E-state index contributed by atoms with van der Waals surface area (Å²) in [6.07, 6.45) is -3.21. The molecule has 2 aromatic heterocycles. The number of alkyl halides is 3. The molecule has 0 spiro atoms. The van der Waals surface area contributed by atoms with Gasteiger partial charge in [-0.25, -0.2) is 9.50 Å². The molecule has 0 bridgehead atoms. The van der Waals surface area contributed by atoms with Crippen LogP contribution in [0.25, 0.3) is 28.2 Å². The molecule has 2 aliphatic rings. The zero-order chi connectivity index (χ0) is 28.6. The third-order valence-corrected chi connectivity index (χ3v) is 7.24. The zero-order valence-electron chi connectivity index (χ0n) is 22.1. The number of nitrogens with zero attached hydrogens (tertiary/aromatic N) is 4. The maximum absolute atomic E-state index is 12.9. The van der Waals surface area contributed by atoms with Gasteiger partial charge in [0, 0.05) is 41.9 Å². The SMILES string of the molecule is CC#CC(=O)N1CCC(N[C@H]2COc3cc(-c4nc5ccc(OC(F)(F)F)nn5c4-c4ccccc4)ccc32)CC1. The van der Waals surface area contributed by atoms with E-state index in [1.54, 1.807) is 11.8 Å². The lowest BCUT2D eigenvalue weighted by molar-refractivity contribution is -0.276. The molecule has 1 amide bonds. The van der Waals surface area contributed by atoms with Gasteiger partial charge in [-0.05, 0) is 37.8 Å². The van der Waals surface area contributed by atoms with Crippen molar-refractivity contribution < 1.29 is 27.4 Å². The van der Waals surface area contributed by atoms with Crippen LogP contribution in [0.3, 0.4) is 0 Å². The number of imidazole rings is 1. The van der Waals surface area contributed by atoms with E-state index in [1.807, 2.05) is 48.5 Å². The van der Waals surface area contributed by atoms with Crippen molar-refractivity contribution in [2.45, 2.75) is 38.2 Å². The molecule has 1 atom stereocenters. The topological polar surface area (TPSA) is 81.0 Å². The third kappa shape index (κ3) is 5.56. The average Bonchev–Trinajstić information content (AvgIpc) is 3.54. The van der Waals surface area contributed by atoms with Crippen LogP contribution in [0.4, 0.5) is 13.2 Å². The van der Waals surface area contributed by atoms with Gasteiger partial charge in [0.15, 0.2) is 5.65 Å². The second-order valence-corrected chi connectivity index (χ2v) is 9.89. The molecule has 1 N–H and O–H groups in total. The van der Waals surface area contributed by atoms with Crippen molar-refractivity contribution in [2.75, 3.05) is 19.7 Å². The van der Waals surface area contributed by atoms with Gasteiger partial charge in [0.2, 0.25) is 5.88 Å². The smallest absolute Gasteiger partial charge is 0.491 e. The van der Waals surface area contributed by atoms with Gasteiger partial charge >= 0.3 is 6.36 Å². The van der Waals surface area contributed by atoms with Crippen LogP contribution in [0, 0.1) is 11.8 Å². The van der Waals surface area contributed by atoms with E-state index >= 15 is 0 Å². The Morgan fingerprint density at radius 3 is 2.59 bits per heavy atom. The van der Waals surface area contributed by atoms with Crippen LogP contribution in [-0.2, 0) is 4.79 Å². The largest absolute Gasteiger partial charge is 0.574 e. The molecule has 2 aliphatic heterocycles. The molecule has 6 rings (SSSR count). The Morgan fingerprint density at radius 1 is 1.07 bits per heavy atom. The lowest BCUT2D eigenvalue weighted by Gasteiger charge is -2.32. The number of carbonyl (C=O) groups excluding carboxylic acids is 1. The first-order valence-corrected chi connectivity index (χ1v) is 13.2. The van der Waals surface area contributed by atoms with E-state index < -0.39 is 12.2 Å². The van der Waals surface area contributed by atoms with Crippen molar-refractivity contribution >= 4 is 11.6 Å².